The summed E-state index contributed by atoms with van der Waals surface area (Å²) in [5.41, 5.74) is 2.37. The lowest BCUT2D eigenvalue weighted by atomic mass is 10.1. The molecule has 0 fully saturated rings. The Morgan fingerprint density at radius 1 is 1.10 bits per heavy atom. The highest BCUT2D eigenvalue weighted by molar-refractivity contribution is 6.32. The highest BCUT2D eigenvalue weighted by Gasteiger charge is 2.20. The average Bonchev–Trinajstić information content (AvgIpc) is 3.12. The largest absolute Gasteiger partial charge is 0.337 e. The molecule has 0 spiro atoms. The van der Waals surface area contributed by atoms with E-state index in [9.17, 15) is 9.59 Å². The van der Waals surface area contributed by atoms with Gasteiger partial charge in [0.1, 0.15) is 0 Å². The van der Waals surface area contributed by atoms with Crippen LogP contribution in [-0.2, 0) is 13.1 Å². The maximum absolute atomic E-state index is 13.2. The Morgan fingerprint density at radius 2 is 1.83 bits per heavy atom. The lowest BCUT2D eigenvalue weighted by molar-refractivity contribution is 0.690. The van der Waals surface area contributed by atoms with Crippen LogP contribution in [0.2, 0.25) is 5.02 Å². The zero-order chi connectivity index (χ0) is 20.5. The number of para-hydroxylation sites is 1. The zero-order valence-electron chi connectivity index (χ0n) is 15.9. The van der Waals surface area contributed by atoms with Crippen LogP contribution in [-0.4, -0.2) is 18.7 Å². The van der Waals surface area contributed by atoms with Crippen molar-refractivity contribution in [3.8, 4) is 5.69 Å². The van der Waals surface area contributed by atoms with Gasteiger partial charge in [-0.2, -0.15) is 0 Å². The van der Waals surface area contributed by atoms with Gasteiger partial charge in [-0.25, -0.2) is 14.3 Å². The highest BCUT2D eigenvalue weighted by atomic mass is 35.5. The van der Waals surface area contributed by atoms with E-state index in [1.54, 1.807) is 35.2 Å². The van der Waals surface area contributed by atoms with Crippen molar-refractivity contribution in [2.24, 2.45) is 0 Å². The van der Waals surface area contributed by atoms with E-state index in [2.05, 4.69) is 11.6 Å². The standard InChI is InChI=1S/C22H19ClN4O2/c1-3-12-26-21(28)19-20(27(22(26)29)18-11-7-6-10-17(18)23)24-14-25(19)13-16-9-5-4-8-15(16)2/h3-11,14H,1,12-13H2,2H3. The fourth-order valence-corrected chi connectivity index (χ4v) is 3.63. The first kappa shape index (κ1) is 19.0. The lowest BCUT2D eigenvalue weighted by Gasteiger charge is -2.13. The molecule has 0 saturated carbocycles. The third-order valence-corrected chi connectivity index (χ3v) is 5.23. The zero-order valence-corrected chi connectivity index (χ0v) is 16.6. The van der Waals surface area contributed by atoms with E-state index in [1.165, 1.54) is 10.6 Å². The number of hydrogen-bond donors (Lipinski definition) is 0. The van der Waals surface area contributed by atoms with Crippen LogP contribution in [0.1, 0.15) is 11.1 Å². The maximum Gasteiger partial charge on any atom is 0.337 e. The maximum atomic E-state index is 13.2. The molecule has 0 aliphatic rings. The third-order valence-electron chi connectivity index (χ3n) is 4.91. The fourth-order valence-electron chi connectivity index (χ4n) is 3.41. The van der Waals surface area contributed by atoms with E-state index in [0.29, 0.717) is 22.8 Å². The number of hydrogen-bond acceptors (Lipinski definition) is 3. The predicted molar refractivity (Wildman–Crippen MR) is 115 cm³/mol. The van der Waals surface area contributed by atoms with Crippen LogP contribution in [0.25, 0.3) is 16.9 Å². The second-order valence-electron chi connectivity index (χ2n) is 6.74. The van der Waals surface area contributed by atoms with Crippen molar-refractivity contribution in [2.75, 3.05) is 0 Å². The van der Waals surface area contributed by atoms with E-state index in [0.717, 1.165) is 15.7 Å². The van der Waals surface area contributed by atoms with E-state index < -0.39 is 11.2 Å². The smallest absolute Gasteiger partial charge is 0.320 e. The van der Waals surface area contributed by atoms with Gasteiger partial charge < -0.3 is 4.57 Å². The first-order valence-electron chi connectivity index (χ1n) is 9.14. The van der Waals surface area contributed by atoms with Gasteiger partial charge >= 0.3 is 5.69 Å². The first-order valence-corrected chi connectivity index (χ1v) is 9.51. The Balaban J connectivity index is 2.05. The number of aryl methyl sites for hydroxylation is 1. The molecule has 0 bridgehead atoms. The van der Waals surface area contributed by atoms with Gasteiger partial charge in [-0.1, -0.05) is 54.1 Å². The number of benzene rings is 2. The van der Waals surface area contributed by atoms with Crippen LogP contribution in [0, 0.1) is 6.92 Å². The number of imidazole rings is 1. The van der Waals surface area contributed by atoms with Crippen LogP contribution >= 0.6 is 11.6 Å². The van der Waals surface area contributed by atoms with E-state index in [1.807, 2.05) is 31.2 Å². The molecule has 0 N–H and O–H groups in total. The summed E-state index contributed by atoms with van der Waals surface area (Å²) in [7, 11) is 0. The minimum absolute atomic E-state index is 0.0909. The number of halogens is 1. The van der Waals surface area contributed by atoms with Gasteiger partial charge in [0.2, 0.25) is 0 Å². The number of rotatable bonds is 5. The normalized spacial score (nSPS) is 11.1. The van der Waals surface area contributed by atoms with Gasteiger partial charge in [0.25, 0.3) is 5.56 Å². The SMILES string of the molecule is C=CCn1c(=O)c2c(ncn2Cc2ccccc2C)n(-c2ccccc2Cl)c1=O. The topological polar surface area (TPSA) is 61.8 Å². The van der Waals surface area contributed by atoms with Gasteiger partial charge in [-0.15, -0.1) is 6.58 Å². The molecule has 2 aromatic heterocycles. The van der Waals surface area contributed by atoms with Crippen molar-refractivity contribution in [2.45, 2.75) is 20.0 Å². The van der Waals surface area contributed by atoms with Gasteiger partial charge in [0.15, 0.2) is 11.2 Å². The number of allylic oxidation sites excluding steroid dienone is 1. The number of aromatic nitrogens is 4. The second kappa shape index (κ2) is 7.56. The van der Waals surface area contributed by atoms with Crippen molar-refractivity contribution in [3.05, 3.63) is 105 Å². The summed E-state index contributed by atoms with van der Waals surface area (Å²) in [6, 6.07) is 14.9. The molecular weight excluding hydrogens is 388 g/mol. The summed E-state index contributed by atoms with van der Waals surface area (Å²) < 4.78 is 4.30. The van der Waals surface area contributed by atoms with Crippen LogP contribution in [0.15, 0.2) is 77.1 Å². The monoisotopic (exact) mass is 406 g/mol. The van der Waals surface area contributed by atoms with Crippen molar-refractivity contribution in [1.29, 1.82) is 0 Å². The summed E-state index contributed by atoms with van der Waals surface area (Å²) in [5.74, 6) is 0. The predicted octanol–water partition coefficient (Wildman–Crippen LogP) is 3.55. The highest BCUT2D eigenvalue weighted by Crippen LogP contribution is 2.21. The second-order valence-corrected chi connectivity index (χ2v) is 7.15. The molecule has 2 heterocycles. The molecule has 0 aliphatic carbocycles. The molecular formula is C22H19ClN4O2. The van der Waals surface area contributed by atoms with Crippen molar-refractivity contribution in [1.82, 2.24) is 18.7 Å². The first-order chi connectivity index (χ1) is 14.0. The Morgan fingerprint density at radius 3 is 2.55 bits per heavy atom. The Bertz CT molecular complexity index is 1350. The van der Waals surface area contributed by atoms with Crippen molar-refractivity contribution in [3.63, 3.8) is 0 Å². The van der Waals surface area contributed by atoms with Crippen LogP contribution < -0.4 is 11.2 Å². The Kier molecular flexibility index (Phi) is 4.94. The molecule has 0 aliphatic heterocycles. The fraction of sp³-hybridized carbons (Fsp3) is 0.136. The molecule has 4 rings (SSSR count). The van der Waals surface area contributed by atoms with Crippen LogP contribution in [0.4, 0.5) is 0 Å². The van der Waals surface area contributed by atoms with Gasteiger partial charge in [-0.05, 0) is 30.2 Å². The summed E-state index contributed by atoms with van der Waals surface area (Å²) in [4.78, 5) is 30.7. The van der Waals surface area contributed by atoms with Gasteiger partial charge in [-0.3, -0.25) is 9.36 Å². The molecule has 4 aromatic rings. The molecule has 29 heavy (non-hydrogen) atoms. The summed E-state index contributed by atoms with van der Waals surface area (Å²) >= 11 is 6.36. The Labute approximate surface area is 171 Å². The molecule has 0 amide bonds. The molecule has 0 atom stereocenters. The van der Waals surface area contributed by atoms with E-state index >= 15 is 0 Å². The summed E-state index contributed by atoms with van der Waals surface area (Å²) in [6.45, 7) is 6.25. The molecule has 146 valence electrons. The quantitative estimate of drug-likeness (QED) is 0.476. The molecule has 7 heteroatoms. The van der Waals surface area contributed by atoms with Gasteiger partial charge in [0.05, 0.1) is 17.0 Å². The van der Waals surface area contributed by atoms with Crippen molar-refractivity contribution >= 4 is 22.8 Å². The molecule has 0 radical (unpaired) electrons. The third kappa shape index (κ3) is 3.21. The van der Waals surface area contributed by atoms with Crippen LogP contribution in [0.5, 0.6) is 0 Å². The van der Waals surface area contributed by atoms with Crippen molar-refractivity contribution < 1.29 is 0 Å². The number of nitrogens with zero attached hydrogens (tertiary/aromatic N) is 4. The minimum Gasteiger partial charge on any atom is -0.320 e. The molecule has 6 nitrogen and oxygen atoms in total. The molecule has 0 saturated heterocycles. The van der Waals surface area contributed by atoms with Crippen LogP contribution in [0.3, 0.4) is 0 Å². The minimum atomic E-state index is -0.503. The number of fused-ring (bicyclic) bond motifs is 1. The molecule has 2 aromatic carbocycles. The Hall–Kier alpha value is -3.38. The van der Waals surface area contributed by atoms with E-state index in [-0.39, 0.29) is 12.2 Å². The summed E-state index contributed by atoms with van der Waals surface area (Å²) in [6.07, 6.45) is 3.11. The molecule has 0 unspecified atom stereocenters. The summed E-state index contributed by atoms with van der Waals surface area (Å²) in [5, 5.41) is 0.396. The van der Waals surface area contributed by atoms with E-state index in [4.69, 9.17) is 11.6 Å². The lowest BCUT2D eigenvalue weighted by Crippen LogP contribution is -2.39. The average molecular weight is 407 g/mol. The van der Waals surface area contributed by atoms with Gasteiger partial charge in [0, 0.05) is 13.1 Å².